The lowest BCUT2D eigenvalue weighted by atomic mass is 9.93. The fourth-order valence-electron chi connectivity index (χ4n) is 3.58. The summed E-state index contributed by atoms with van der Waals surface area (Å²) in [6.45, 7) is 11.9. The van der Waals surface area contributed by atoms with Crippen molar-refractivity contribution in [1.82, 2.24) is 20.4 Å². The van der Waals surface area contributed by atoms with Crippen molar-refractivity contribution in [3.63, 3.8) is 0 Å². The van der Waals surface area contributed by atoms with Gasteiger partial charge in [-0.15, -0.1) is 0 Å². The van der Waals surface area contributed by atoms with Crippen LogP contribution >= 0.6 is 0 Å². The van der Waals surface area contributed by atoms with Crippen molar-refractivity contribution in [3.8, 4) is 0 Å². The molecule has 136 valence electrons. The minimum absolute atomic E-state index is 0.0623. The molecule has 2 rings (SSSR count). The number of aromatic nitrogens is 2. The zero-order valence-corrected chi connectivity index (χ0v) is 15.8. The molecule has 1 aliphatic heterocycles. The fourth-order valence-corrected chi connectivity index (χ4v) is 3.58. The quantitative estimate of drug-likeness (QED) is 0.838. The van der Waals surface area contributed by atoms with E-state index in [4.69, 9.17) is 4.74 Å². The van der Waals surface area contributed by atoms with E-state index in [1.165, 1.54) is 5.56 Å². The van der Waals surface area contributed by atoms with Gasteiger partial charge < -0.3 is 15.4 Å². The summed E-state index contributed by atoms with van der Waals surface area (Å²) in [6, 6.07) is -0.0385. The molecule has 24 heavy (non-hydrogen) atoms. The van der Waals surface area contributed by atoms with Gasteiger partial charge in [-0.2, -0.15) is 5.10 Å². The molecule has 1 aromatic heterocycles. The van der Waals surface area contributed by atoms with Crippen molar-refractivity contribution >= 4 is 6.03 Å². The summed E-state index contributed by atoms with van der Waals surface area (Å²) in [6.07, 6.45) is 2.07. The summed E-state index contributed by atoms with van der Waals surface area (Å²) in [7, 11) is 1.95. The number of carbonyl (C=O) groups excluding carboxylic acids is 1. The molecule has 1 fully saturated rings. The number of nitrogens with zero attached hydrogens (tertiary/aromatic N) is 2. The SMILES string of the molecule is Cc1nn(C)c(C)c1C[C@H](C)NC(=O)NC[C@H]1CCO[C@@H]1C(C)C. The van der Waals surface area contributed by atoms with Crippen LogP contribution in [0.25, 0.3) is 0 Å². The maximum Gasteiger partial charge on any atom is 0.315 e. The predicted octanol–water partition coefficient (Wildman–Crippen LogP) is 2.33. The zero-order valence-electron chi connectivity index (χ0n) is 15.8. The first-order valence-electron chi connectivity index (χ1n) is 8.94. The van der Waals surface area contributed by atoms with Crippen LogP contribution in [0.5, 0.6) is 0 Å². The van der Waals surface area contributed by atoms with Crippen molar-refractivity contribution in [2.24, 2.45) is 18.9 Å². The maximum absolute atomic E-state index is 12.2. The number of nitrogens with one attached hydrogen (secondary N) is 2. The second-order valence-corrected chi connectivity index (χ2v) is 7.36. The third-order valence-electron chi connectivity index (χ3n) is 4.99. The zero-order chi connectivity index (χ0) is 17.9. The molecular weight excluding hydrogens is 304 g/mol. The number of amides is 2. The van der Waals surface area contributed by atoms with Crippen molar-refractivity contribution in [2.75, 3.05) is 13.2 Å². The number of rotatable bonds is 6. The lowest BCUT2D eigenvalue weighted by Crippen LogP contribution is -2.44. The van der Waals surface area contributed by atoms with E-state index in [9.17, 15) is 4.79 Å². The average molecular weight is 336 g/mol. The van der Waals surface area contributed by atoms with Crippen LogP contribution in [-0.4, -0.2) is 41.1 Å². The summed E-state index contributed by atoms with van der Waals surface area (Å²) in [5.41, 5.74) is 3.41. The van der Waals surface area contributed by atoms with Gasteiger partial charge in [0.05, 0.1) is 11.8 Å². The van der Waals surface area contributed by atoms with Gasteiger partial charge in [0, 0.05) is 37.9 Å². The maximum atomic E-state index is 12.2. The topological polar surface area (TPSA) is 68.2 Å². The van der Waals surface area contributed by atoms with E-state index in [1.54, 1.807) is 0 Å². The molecule has 1 saturated heterocycles. The smallest absolute Gasteiger partial charge is 0.315 e. The van der Waals surface area contributed by atoms with Crippen LogP contribution in [0.3, 0.4) is 0 Å². The van der Waals surface area contributed by atoms with Crippen LogP contribution in [0.15, 0.2) is 0 Å². The largest absolute Gasteiger partial charge is 0.378 e. The van der Waals surface area contributed by atoms with Crippen LogP contribution in [0, 0.1) is 25.7 Å². The molecule has 0 unspecified atom stereocenters. The molecule has 0 radical (unpaired) electrons. The highest BCUT2D eigenvalue weighted by molar-refractivity contribution is 5.74. The molecule has 1 aliphatic rings. The number of urea groups is 1. The van der Waals surface area contributed by atoms with E-state index in [2.05, 4.69) is 36.5 Å². The normalized spacial score (nSPS) is 22.0. The van der Waals surface area contributed by atoms with E-state index in [0.29, 0.717) is 18.4 Å². The van der Waals surface area contributed by atoms with Gasteiger partial charge in [0.25, 0.3) is 0 Å². The summed E-state index contributed by atoms with van der Waals surface area (Å²) in [5, 5.41) is 10.5. The van der Waals surface area contributed by atoms with E-state index < -0.39 is 0 Å². The van der Waals surface area contributed by atoms with E-state index in [1.807, 2.05) is 25.6 Å². The molecule has 6 heteroatoms. The average Bonchev–Trinajstić information content (AvgIpc) is 3.06. The summed E-state index contributed by atoms with van der Waals surface area (Å²) in [5.74, 6) is 0.895. The Bertz CT molecular complexity index is 568. The first kappa shape index (κ1) is 18.8. The number of hydrogen-bond donors (Lipinski definition) is 2. The molecule has 0 aromatic carbocycles. The highest BCUT2D eigenvalue weighted by atomic mass is 16.5. The van der Waals surface area contributed by atoms with Gasteiger partial charge in [-0.25, -0.2) is 4.79 Å². The minimum Gasteiger partial charge on any atom is -0.378 e. The fraction of sp³-hybridized carbons (Fsp3) is 0.778. The van der Waals surface area contributed by atoms with Gasteiger partial charge in [0.2, 0.25) is 0 Å². The Kier molecular flexibility index (Phi) is 6.27. The van der Waals surface area contributed by atoms with Crippen LogP contribution in [0.4, 0.5) is 4.79 Å². The van der Waals surface area contributed by atoms with Gasteiger partial charge in [-0.3, -0.25) is 4.68 Å². The van der Waals surface area contributed by atoms with Gasteiger partial charge in [0.15, 0.2) is 0 Å². The summed E-state index contributed by atoms with van der Waals surface area (Å²) in [4.78, 5) is 12.2. The van der Waals surface area contributed by atoms with Crippen molar-refractivity contribution in [3.05, 3.63) is 17.0 Å². The van der Waals surface area contributed by atoms with E-state index in [-0.39, 0.29) is 18.2 Å². The van der Waals surface area contributed by atoms with Crippen molar-refractivity contribution in [1.29, 1.82) is 0 Å². The van der Waals surface area contributed by atoms with Crippen molar-refractivity contribution < 1.29 is 9.53 Å². The Labute approximate surface area is 145 Å². The second-order valence-electron chi connectivity index (χ2n) is 7.36. The van der Waals surface area contributed by atoms with Gasteiger partial charge >= 0.3 is 6.03 Å². The predicted molar refractivity (Wildman–Crippen MR) is 95.1 cm³/mol. The number of hydrogen-bond acceptors (Lipinski definition) is 3. The molecule has 2 amide bonds. The van der Waals surface area contributed by atoms with Gasteiger partial charge in [-0.1, -0.05) is 13.8 Å². The van der Waals surface area contributed by atoms with E-state index >= 15 is 0 Å². The monoisotopic (exact) mass is 336 g/mol. The summed E-state index contributed by atoms with van der Waals surface area (Å²) < 4.78 is 7.66. The Morgan fingerprint density at radius 2 is 2.08 bits per heavy atom. The van der Waals surface area contributed by atoms with Crippen LogP contribution in [0.2, 0.25) is 0 Å². The Balaban J connectivity index is 1.79. The lowest BCUT2D eigenvalue weighted by molar-refractivity contribution is 0.0545. The molecule has 1 aromatic rings. The molecule has 0 aliphatic carbocycles. The van der Waals surface area contributed by atoms with E-state index in [0.717, 1.165) is 30.8 Å². The number of ether oxygens (including phenoxy) is 1. The van der Waals surface area contributed by atoms with Crippen LogP contribution in [0.1, 0.15) is 44.1 Å². The van der Waals surface area contributed by atoms with Gasteiger partial charge in [-0.05, 0) is 45.1 Å². The Hall–Kier alpha value is -1.56. The highest BCUT2D eigenvalue weighted by Crippen LogP contribution is 2.26. The van der Waals surface area contributed by atoms with Crippen LogP contribution < -0.4 is 10.6 Å². The molecule has 2 heterocycles. The molecule has 3 atom stereocenters. The second kappa shape index (κ2) is 8.01. The Morgan fingerprint density at radius 1 is 1.38 bits per heavy atom. The third-order valence-corrected chi connectivity index (χ3v) is 4.99. The first-order chi connectivity index (χ1) is 11.3. The lowest BCUT2D eigenvalue weighted by Gasteiger charge is -2.23. The molecule has 0 saturated carbocycles. The highest BCUT2D eigenvalue weighted by Gasteiger charge is 2.30. The standard InChI is InChI=1S/C18H32N4O2/c1-11(2)17-15(7-8-24-17)10-19-18(23)20-12(3)9-16-13(4)21-22(6)14(16)5/h11-12,15,17H,7-10H2,1-6H3,(H2,19,20,23)/t12-,15+,17+/m0/s1. The Morgan fingerprint density at radius 3 is 2.67 bits per heavy atom. The van der Waals surface area contributed by atoms with Crippen LogP contribution in [-0.2, 0) is 18.2 Å². The molecule has 6 nitrogen and oxygen atoms in total. The molecular formula is C18H32N4O2. The summed E-state index contributed by atoms with van der Waals surface area (Å²) >= 11 is 0. The molecule has 2 N–H and O–H groups in total. The third kappa shape index (κ3) is 4.50. The first-order valence-corrected chi connectivity index (χ1v) is 8.94. The van der Waals surface area contributed by atoms with Crippen molar-refractivity contribution in [2.45, 2.75) is 59.6 Å². The number of aryl methyl sites for hydroxylation is 2. The molecule has 0 bridgehead atoms. The number of carbonyl (C=O) groups is 1. The minimum atomic E-state index is -0.101. The molecule has 0 spiro atoms. The van der Waals surface area contributed by atoms with Gasteiger partial charge in [0.1, 0.15) is 0 Å².